The zero-order valence-corrected chi connectivity index (χ0v) is 19.4. The van der Waals surface area contributed by atoms with Crippen molar-refractivity contribution in [3.8, 4) is 0 Å². The van der Waals surface area contributed by atoms with Crippen LogP contribution in [0.1, 0.15) is 23.3 Å². The molecule has 0 radical (unpaired) electrons. The number of halogens is 1. The number of nitrogens with one attached hydrogen (secondary N) is 2. The molecule has 1 unspecified atom stereocenters. The third kappa shape index (κ3) is 7.84. The lowest BCUT2D eigenvalue weighted by molar-refractivity contribution is 0.0888. The molecular weight excluding hydrogens is 475 g/mol. The lowest BCUT2D eigenvalue weighted by Crippen LogP contribution is -2.42. The molecule has 27 heavy (non-hydrogen) atoms. The summed E-state index contributed by atoms with van der Waals surface area (Å²) < 4.78 is 11.1. The van der Waals surface area contributed by atoms with Gasteiger partial charge in [-0.2, -0.15) is 0 Å². The van der Waals surface area contributed by atoms with Crippen molar-refractivity contribution < 1.29 is 9.47 Å². The van der Waals surface area contributed by atoms with Gasteiger partial charge in [0.25, 0.3) is 0 Å². The second kappa shape index (κ2) is 12.9. The Hall–Kier alpha value is -0.420. The first kappa shape index (κ1) is 22.9. The number of thiophene rings is 1. The predicted octanol–water partition coefficient (Wildman–Crippen LogP) is 2.33. The van der Waals surface area contributed by atoms with Crippen LogP contribution in [-0.2, 0) is 22.4 Å². The molecule has 3 heterocycles. The molecule has 154 valence electrons. The highest BCUT2D eigenvalue weighted by molar-refractivity contribution is 14.0. The van der Waals surface area contributed by atoms with E-state index in [2.05, 4.69) is 32.0 Å². The van der Waals surface area contributed by atoms with Gasteiger partial charge in [0, 0.05) is 63.8 Å². The zero-order chi connectivity index (χ0) is 18.0. The van der Waals surface area contributed by atoms with E-state index in [0.29, 0.717) is 5.92 Å². The van der Waals surface area contributed by atoms with Crippen LogP contribution in [0.4, 0.5) is 0 Å². The monoisotopic (exact) mass is 508 g/mol. The first-order valence-corrected chi connectivity index (χ1v) is 10.6. The fraction of sp³-hybridized carbons (Fsp3) is 0.737. The lowest BCUT2D eigenvalue weighted by Gasteiger charge is -2.27. The van der Waals surface area contributed by atoms with Crippen LogP contribution in [-0.4, -0.2) is 70.5 Å². The molecule has 1 atom stereocenters. The largest absolute Gasteiger partial charge is 0.381 e. The van der Waals surface area contributed by atoms with E-state index in [4.69, 9.17) is 9.47 Å². The highest BCUT2D eigenvalue weighted by atomic mass is 127. The van der Waals surface area contributed by atoms with Crippen LogP contribution in [0.5, 0.6) is 0 Å². The van der Waals surface area contributed by atoms with E-state index < -0.39 is 0 Å². The van der Waals surface area contributed by atoms with Crippen LogP contribution >= 0.6 is 35.3 Å². The number of guanidine groups is 1. The second-order valence-corrected chi connectivity index (χ2v) is 7.98. The fourth-order valence-electron chi connectivity index (χ4n) is 3.40. The summed E-state index contributed by atoms with van der Waals surface area (Å²) in [6.45, 7) is 8.44. The van der Waals surface area contributed by atoms with Gasteiger partial charge >= 0.3 is 0 Å². The topological polar surface area (TPSA) is 58.1 Å². The number of nitrogens with zero attached hydrogens (tertiary/aromatic N) is 2. The summed E-state index contributed by atoms with van der Waals surface area (Å²) in [7, 11) is 1.82. The molecule has 3 rings (SSSR count). The third-order valence-electron chi connectivity index (χ3n) is 4.97. The van der Waals surface area contributed by atoms with Crippen LogP contribution in [0.2, 0.25) is 0 Å². The number of hydrogen-bond acceptors (Lipinski definition) is 5. The molecule has 0 saturated carbocycles. The van der Waals surface area contributed by atoms with Crippen molar-refractivity contribution in [2.24, 2.45) is 10.9 Å². The highest BCUT2D eigenvalue weighted by Gasteiger charge is 2.17. The second-order valence-electron chi connectivity index (χ2n) is 6.98. The van der Waals surface area contributed by atoms with Gasteiger partial charge in [-0.3, -0.25) is 9.89 Å². The molecular formula is C19H33IN4O2S. The summed E-state index contributed by atoms with van der Waals surface area (Å²) >= 11 is 1.89. The number of rotatable bonds is 9. The summed E-state index contributed by atoms with van der Waals surface area (Å²) in [4.78, 5) is 8.37. The third-order valence-corrected chi connectivity index (χ3v) is 5.99. The molecule has 0 aliphatic carbocycles. The Labute approximate surface area is 184 Å². The smallest absolute Gasteiger partial charge is 0.191 e. The van der Waals surface area contributed by atoms with E-state index in [9.17, 15) is 0 Å². The van der Waals surface area contributed by atoms with Gasteiger partial charge in [0.2, 0.25) is 0 Å². The van der Waals surface area contributed by atoms with Crippen molar-refractivity contribution in [3.63, 3.8) is 0 Å². The van der Waals surface area contributed by atoms with Gasteiger partial charge in [-0.15, -0.1) is 35.3 Å². The Kier molecular flexibility index (Phi) is 10.9. The van der Waals surface area contributed by atoms with Crippen molar-refractivity contribution in [1.82, 2.24) is 15.5 Å². The van der Waals surface area contributed by atoms with Gasteiger partial charge in [-0.05, 0) is 36.3 Å². The minimum Gasteiger partial charge on any atom is -0.381 e. The van der Waals surface area contributed by atoms with Crippen molar-refractivity contribution in [2.45, 2.75) is 25.8 Å². The van der Waals surface area contributed by atoms with E-state index in [1.807, 2.05) is 18.4 Å². The first-order valence-electron chi connectivity index (χ1n) is 9.72. The normalized spacial score (nSPS) is 20.2. The Morgan fingerprint density at radius 3 is 3.11 bits per heavy atom. The summed E-state index contributed by atoms with van der Waals surface area (Å²) in [6.07, 6.45) is 3.31. The van der Waals surface area contributed by atoms with Crippen LogP contribution < -0.4 is 10.6 Å². The fourth-order valence-corrected chi connectivity index (χ4v) is 4.29. The minimum atomic E-state index is 0. The lowest BCUT2D eigenvalue weighted by atomic mass is 10.1. The molecule has 0 spiro atoms. The Morgan fingerprint density at radius 2 is 2.30 bits per heavy atom. The molecule has 1 aromatic heterocycles. The maximum Gasteiger partial charge on any atom is 0.191 e. The molecule has 0 bridgehead atoms. The molecule has 2 aliphatic heterocycles. The molecule has 2 aliphatic rings. The molecule has 1 aromatic rings. The van der Waals surface area contributed by atoms with Crippen molar-refractivity contribution >= 4 is 41.3 Å². The number of hydrogen-bond donors (Lipinski definition) is 2. The van der Waals surface area contributed by atoms with E-state index >= 15 is 0 Å². The van der Waals surface area contributed by atoms with Crippen LogP contribution in [0.3, 0.4) is 0 Å². The van der Waals surface area contributed by atoms with Crippen molar-refractivity contribution in [1.29, 1.82) is 0 Å². The minimum absolute atomic E-state index is 0. The quantitative estimate of drug-likeness (QED) is 0.232. The van der Waals surface area contributed by atoms with Gasteiger partial charge in [-0.1, -0.05) is 0 Å². The van der Waals surface area contributed by atoms with Crippen LogP contribution in [0.25, 0.3) is 0 Å². The molecule has 0 aromatic carbocycles. The average molecular weight is 508 g/mol. The van der Waals surface area contributed by atoms with Gasteiger partial charge in [0.15, 0.2) is 5.96 Å². The average Bonchev–Trinajstić information content (AvgIpc) is 3.34. The molecule has 0 amide bonds. The first-order chi connectivity index (χ1) is 12.8. The summed E-state index contributed by atoms with van der Waals surface area (Å²) in [5, 5.41) is 8.99. The van der Waals surface area contributed by atoms with E-state index in [1.54, 1.807) is 4.88 Å². The maximum atomic E-state index is 5.73. The number of ether oxygens (including phenoxy) is 2. The van der Waals surface area contributed by atoms with Crippen molar-refractivity contribution in [2.75, 3.05) is 59.7 Å². The SMILES string of the molecule is CN=C(NCCCOCC1CCOC1)NCCN1CCc2sccc2C1.I. The Balaban J connectivity index is 0.00000261. The standard InChI is InChI=1S/C19H32N4O2S.HI/c1-20-19(21-6-2-10-24-14-16-4-11-25-15-16)22-7-9-23-8-3-18-17(13-23)5-12-26-18;/h5,12,16H,2-4,6-11,13-15H2,1H3,(H2,20,21,22);1H. The van der Waals surface area contributed by atoms with E-state index in [1.165, 1.54) is 12.0 Å². The summed E-state index contributed by atoms with van der Waals surface area (Å²) in [5.74, 6) is 1.47. The molecule has 1 fully saturated rings. The summed E-state index contributed by atoms with van der Waals surface area (Å²) in [6, 6.07) is 2.27. The summed E-state index contributed by atoms with van der Waals surface area (Å²) in [5.41, 5.74) is 1.51. The molecule has 6 nitrogen and oxygen atoms in total. The predicted molar refractivity (Wildman–Crippen MR) is 122 cm³/mol. The molecule has 8 heteroatoms. The van der Waals surface area contributed by atoms with Crippen LogP contribution in [0, 0.1) is 5.92 Å². The number of fused-ring (bicyclic) bond motifs is 1. The molecule has 1 saturated heterocycles. The maximum absolute atomic E-state index is 5.73. The molecule has 2 N–H and O–H groups in total. The Bertz CT molecular complexity index is 564. The van der Waals surface area contributed by atoms with Gasteiger partial charge < -0.3 is 20.1 Å². The van der Waals surface area contributed by atoms with E-state index in [-0.39, 0.29) is 24.0 Å². The van der Waals surface area contributed by atoms with Gasteiger partial charge in [-0.25, -0.2) is 0 Å². The number of aliphatic imine (C=N–C) groups is 1. The Morgan fingerprint density at radius 1 is 1.41 bits per heavy atom. The van der Waals surface area contributed by atoms with E-state index in [0.717, 1.165) is 78.0 Å². The van der Waals surface area contributed by atoms with Crippen LogP contribution in [0.15, 0.2) is 16.4 Å². The van der Waals surface area contributed by atoms with Gasteiger partial charge in [0.1, 0.15) is 0 Å². The van der Waals surface area contributed by atoms with Crippen molar-refractivity contribution in [3.05, 3.63) is 21.9 Å². The zero-order valence-electron chi connectivity index (χ0n) is 16.2. The highest BCUT2D eigenvalue weighted by Crippen LogP contribution is 2.23. The van der Waals surface area contributed by atoms with Gasteiger partial charge in [0.05, 0.1) is 13.2 Å².